The molecule has 23 heteroatoms. The molecule has 0 unspecified atom stereocenters. The second-order valence-electron chi connectivity index (χ2n) is 13.5. The largest absolute Gasteiger partial charge is 0.501 e. The number of anilines is 1. The molecule has 8 aromatic rings. The fourth-order valence-electron chi connectivity index (χ4n) is 6.27. The van der Waals surface area contributed by atoms with Gasteiger partial charge in [0.25, 0.3) is 25.6 Å². The number of urea groups is 1. The lowest BCUT2D eigenvalue weighted by atomic mass is 10.1. The van der Waals surface area contributed by atoms with E-state index in [0.29, 0.717) is 21.5 Å². The lowest BCUT2D eigenvalue weighted by Crippen LogP contribution is -2.34. The van der Waals surface area contributed by atoms with Gasteiger partial charge in [-0.3, -0.25) is 4.79 Å². The molecule has 3 amide bonds. The van der Waals surface area contributed by atoms with Crippen LogP contribution in [-0.2, 0) is 34.8 Å². The number of hydrogen-bond donors (Lipinski definition) is 7. The van der Waals surface area contributed by atoms with Crippen molar-refractivity contribution in [3.8, 4) is 17.1 Å². The highest BCUT2D eigenvalue weighted by molar-refractivity contribution is 7.90. The van der Waals surface area contributed by atoms with Gasteiger partial charge in [-0.15, -0.1) is 11.3 Å². The number of aromatic nitrogens is 2. The van der Waals surface area contributed by atoms with E-state index in [0.717, 1.165) is 22.1 Å². The van der Waals surface area contributed by atoms with Crippen LogP contribution in [0.4, 0.5) is 15.3 Å². The molecule has 8 N–H and O–H groups in total. The van der Waals surface area contributed by atoms with Gasteiger partial charge >= 0.3 is 18.1 Å². The van der Waals surface area contributed by atoms with Crippen LogP contribution in [0, 0.1) is 0 Å². The lowest BCUT2D eigenvalue weighted by Gasteiger charge is -2.11. The SMILES string of the molecule is CCOC(=O)NS(=O)(=O)c1cccc2ccccc12.NS(=O)(=O)c1cccc2ccccc12.O=C(Nc1cscc1-c1nc(C(=O)O)c(O)c(=O)[nH]1)NS(=O)(=O)c1cccc2ccccc12. The second kappa shape index (κ2) is 20.0. The molecule has 19 nitrogen and oxygen atoms in total. The highest BCUT2D eigenvalue weighted by Gasteiger charge is 2.24. The number of amides is 3. The number of benzene rings is 6. The quantitative estimate of drug-likeness (QED) is 0.0832. The maximum absolute atomic E-state index is 12.8. The minimum Gasteiger partial charge on any atom is -0.501 e. The summed E-state index contributed by atoms with van der Waals surface area (Å²) in [5.41, 5.74) is -1.76. The Hall–Kier alpha value is -7.70. The number of thiophene rings is 1. The zero-order valence-corrected chi connectivity index (χ0v) is 37.3. The predicted molar refractivity (Wildman–Crippen MR) is 247 cm³/mol. The van der Waals surface area contributed by atoms with Crippen LogP contribution in [-0.4, -0.2) is 70.1 Å². The van der Waals surface area contributed by atoms with Gasteiger partial charge < -0.3 is 25.3 Å². The number of ether oxygens (including phenoxy) is 1. The molecular formula is C43H36N6O13S4. The number of rotatable bonds is 9. The number of carbonyl (C=O) groups is 3. The van der Waals surface area contributed by atoms with E-state index in [1.807, 2.05) is 33.7 Å². The summed E-state index contributed by atoms with van der Waals surface area (Å²) in [5, 5.41) is 33.0. The maximum atomic E-state index is 12.8. The number of nitrogens with two attached hydrogens (primary N) is 1. The number of hydrogen-bond acceptors (Lipinski definition) is 14. The predicted octanol–water partition coefficient (Wildman–Crippen LogP) is 6.33. The molecule has 0 aliphatic heterocycles. The molecule has 0 fully saturated rings. The van der Waals surface area contributed by atoms with E-state index in [2.05, 4.69) is 20.0 Å². The van der Waals surface area contributed by atoms with Crippen LogP contribution in [0.5, 0.6) is 5.75 Å². The summed E-state index contributed by atoms with van der Waals surface area (Å²) in [5.74, 6) is -2.91. The number of H-pyrrole nitrogens is 1. The van der Waals surface area contributed by atoms with Gasteiger partial charge in [0.2, 0.25) is 15.8 Å². The van der Waals surface area contributed by atoms with Gasteiger partial charge in [-0.05, 0) is 41.3 Å². The van der Waals surface area contributed by atoms with Crippen molar-refractivity contribution in [1.82, 2.24) is 19.4 Å². The number of nitrogens with zero attached hydrogens (tertiary/aromatic N) is 1. The van der Waals surface area contributed by atoms with Gasteiger partial charge in [0.15, 0.2) is 5.69 Å². The lowest BCUT2D eigenvalue weighted by molar-refractivity contribution is 0.0686. The molecule has 8 rings (SSSR count). The summed E-state index contributed by atoms with van der Waals surface area (Å²) < 4.78 is 80.7. The number of carbonyl (C=O) groups excluding carboxylic acids is 2. The van der Waals surface area contributed by atoms with E-state index < -0.39 is 65.2 Å². The van der Waals surface area contributed by atoms with Crippen LogP contribution >= 0.6 is 11.3 Å². The number of nitrogens with one attached hydrogen (secondary N) is 4. The molecule has 0 aliphatic rings. The number of aromatic hydroxyl groups is 1. The van der Waals surface area contributed by atoms with Crippen LogP contribution in [0.1, 0.15) is 17.4 Å². The Labute approximate surface area is 379 Å². The number of primary sulfonamides is 1. The van der Waals surface area contributed by atoms with Gasteiger partial charge in [0.05, 0.1) is 32.5 Å². The van der Waals surface area contributed by atoms with Crippen molar-refractivity contribution >= 4 is 97.5 Å². The third-order valence-corrected chi connectivity index (χ3v) is 13.6. The average Bonchev–Trinajstić information content (AvgIpc) is 3.74. The van der Waals surface area contributed by atoms with Crippen LogP contribution in [0.15, 0.2) is 158 Å². The van der Waals surface area contributed by atoms with Gasteiger partial charge in [0.1, 0.15) is 5.82 Å². The van der Waals surface area contributed by atoms with Gasteiger partial charge in [-0.1, -0.05) is 109 Å². The summed E-state index contributed by atoms with van der Waals surface area (Å²) >= 11 is 1.08. The molecule has 0 saturated heterocycles. The van der Waals surface area contributed by atoms with E-state index in [1.165, 1.54) is 29.0 Å². The summed E-state index contributed by atoms with van der Waals surface area (Å²) in [4.78, 5) is 52.9. The second-order valence-corrected chi connectivity index (χ2v) is 19.1. The topological polar surface area (TPSA) is 311 Å². The Kier molecular flexibility index (Phi) is 14.5. The van der Waals surface area contributed by atoms with Gasteiger partial charge in [0, 0.05) is 26.9 Å². The molecule has 0 bridgehead atoms. The number of fused-ring (bicyclic) bond motifs is 3. The van der Waals surface area contributed by atoms with Gasteiger partial charge in [-0.25, -0.2) is 59.2 Å². The minimum absolute atomic E-state index is 0.0543. The molecule has 6 aromatic carbocycles. The van der Waals surface area contributed by atoms with Crippen LogP contribution < -0.4 is 25.5 Å². The Morgan fingerprint density at radius 1 is 0.682 bits per heavy atom. The van der Waals surface area contributed by atoms with Crippen molar-refractivity contribution in [1.29, 1.82) is 0 Å². The van der Waals surface area contributed by atoms with E-state index in [1.54, 1.807) is 91.9 Å². The zero-order valence-electron chi connectivity index (χ0n) is 34.0. The van der Waals surface area contributed by atoms with E-state index in [9.17, 15) is 49.5 Å². The monoisotopic (exact) mass is 972 g/mol. The number of carboxylic acids is 1. The molecule has 0 spiro atoms. The molecular weight excluding hydrogens is 937 g/mol. The summed E-state index contributed by atoms with van der Waals surface area (Å²) in [6, 6.07) is 34.6. The highest BCUT2D eigenvalue weighted by Crippen LogP contribution is 2.30. The van der Waals surface area contributed by atoms with Crippen molar-refractivity contribution in [3.05, 3.63) is 154 Å². The maximum Gasteiger partial charge on any atom is 0.421 e. The summed E-state index contributed by atoms with van der Waals surface area (Å²) in [7, 11) is -11.8. The molecule has 0 saturated carbocycles. The number of aromatic amines is 1. The first-order chi connectivity index (χ1) is 31.3. The van der Waals surface area contributed by atoms with Crippen LogP contribution in [0.3, 0.4) is 0 Å². The average molecular weight is 973 g/mol. The molecule has 0 atom stereocenters. The van der Waals surface area contributed by atoms with Crippen molar-refractivity contribution < 1.29 is 54.6 Å². The molecule has 0 radical (unpaired) electrons. The van der Waals surface area contributed by atoms with E-state index in [-0.39, 0.29) is 38.4 Å². The highest BCUT2D eigenvalue weighted by atomic mass is 32.2. The fourth-order valence-corrected chi connectivity index (χ4v) is 10.1. The Morgan fingerprint density at radius 2 is 1.14 bits per heavy atom. The Balaban J connectivity index is 0.000000183. The van der Waals surface area contributed by atoms with Gasteiger partial charge in [-0.2, -0.15) is 0 Å². The number of carboxylic acid groups (broad SMARTS) is 1. The fraction of sp³-hybridized carbons (Fsp3) is 0.0465. The summed E-state index contributed by atoms with van der Waals surface area (Å²) in [6.45, 7) is 1.71. The Morgan fingerprint density at radius 3 is 1.62 bits per heavy atom. The normalized spacial score (nSPS) is 11.4. The minimum atomic E-state index is -4.24. The molecule has 2 aromatic heterocycles. The van der Waals surface area contributed by atoms with Crippen molar-refractivity contribution in [3.63, 3.8) is 0 Å². The molecule has 2 heterocycles. The number of sulfonamides is 3. The smallest absolute Gasteiger partial charge is 0.421 e. The standard InChI is InChI=1S/C20H14N4O7S2.C13H13NO4S.C10H9NO2S/c25-16-15(19(27)28)22-17(23-18(16)26)12-8-32-9-13(12)21-20(29)24-33(30,31)14-7-3-5-10-4-1-2-6-11(10)14;1-2-18-13(15)14-19(16,17)12-9-5-7-10-6-3-4-8-11(10)12;11-14(12,13)10-7-3-5-8-4-1-2-6-9(8)10/h1-9,25H,(H,27,28)(H2,21,24,29)(H,22,23,26);3-9H,2H2,1H3,(H,14,15);1-7H,(H2,11,12,13). The third kappa shape index (κ3) is 11.1. The molecule has 66 heavy (non-hydrogen) atoms. The molecule has 340 valence electrons. The van der Waals surface area contributed by atoms with Crippen LogP contribution in [0.25, 0.3) is 43.7 Å². The molecule has 0 aliphatic carbocycles. The number of aromatic carboxylic acids is 1. The van der Waals surface area contributed by atoms with E-state index in [4.69, 9.17) is 10.2 Å². The zero-order chi connectivity index (χ0) is 47.8. The van der Waals surface area contributed by atoms with Crippen molar-refractivity contribution in [2.75, 3.05) is 11.9 Å². The van der Waals surface area contributed by atoms with Crippen molar-refractivity contribution in [2.45, 2.75) is 21.6 Å². The first-order valence-corrected chi connectivity index (χ1v) is 24.4. The van der Waals surface area contributed by atoms with E-state index >= 15 is 0 Å². The first kappa shape index (κ1) is 47.8. The summed E-state index contributed by atoms with van der Waals surface area (Å²) in [6.07, 6.45) is -0.976. The third-order valence-electron chi connectivity index (χ3n) is 9.12. The van der Waals surface area contributed by atoms with Crippen LogP contribution in [0.2, 0.25) is 0 Å². The first-order valence-electron chi connectivity index (χ1n) is 18.9. The van der Waals surface area contributed by atoms with Crippen molar-refractivity contribution in [2.24, 2.45) is 5.14 Å². The Bertz CT molecular complexity index is 3550.